The molecule has 0 spiro atoms. The van der Waals surface area contributed by atoms with Crippen LogP contribution in [0.4, 0.5) is 5.69 Å². The predicted molar refractivity (Wildman–Crippen MR) is 71.0 cm³/mol. The van der Waals surface area contributed by atoms with Gasteiger partial charge in [0.15, 0.2) is 0 Å². The van der Waals surface area contributed by atoms with E-state index in [1.54, 1.807) is 35.4 Å². The SMILES string of the molecule is CN(Cc1cccs1)C(=O)c1ccccc1N. The fourth-order valence-corrected chi connectivity index (χ4v) is 2.36. The lowest BCUT2D eigenvalue weighted by Crippen LogP contribution is -2.26. The number of hydrogen-bond donors (Lipinski definition) is 1. The number of nitrogen functional groups attached to an aromatic ring is 1. The lowest BCUT2D eigenvalue weighted by atomic mass is 10.1. The maximum absolute atomic E-state index is 12.1. The molecule has 0 radical (unpaired) electrons. The Labute approximate surface area is 104 Å². The highest BCUT2D eigenvalue weighted by Gasteiger charge is 2.14. The largest absolute Gasteiger partial charge is 0.398 e. The molecule has 0 aliphatic rings. The zero-order valence-corrected chi connectivity index (χ0v) is 10.4. The van der Waals surface area contributed by atoms with Gasteiger partial charge in [0.05, 0.1) is 12.1 Å². The molecule has 17 heavy (non-hydrogen) atoms. The third kappa shape index (κ3) is 2.65. The van der Waals surface area contributed by atoms with E-state index in [1.165, 1.54) is 0 Å². The van der Waals surface area contributed by atoms with Gasteiger partial charge >= 0.3 is 0 Å². The van der Waals surface area contributed by atoms with E-state index in [4.69, 9.17) is 5.73 Å². The highest BCUT2D eigenvalue weighted by Crippen LogP contribution is 2.16. The molecule has 3 nitrogen and oxygen atoms in total. The fourth-order valence-electron chi connectivity index (χ4n) is 1.61. The zero-order chi connectivity index (χ0) is 12.3. The van der Waals surface area contributed by atoms with Gasteiger partial charge in [-0.2, -0.15) is 0 Å². The van der Waals surface area contributed by atoms with Crippen LogP contribution in [0, 0.1) is 0 Å². The molecule has 0 aliphatic heterocycles. The molecule has 0 aliphatic carbocycles. The smallest absolute Gasteiger partial charge is 0.256 e. The third-order valence-corrected chi connectivity index (χ3v) is 3.37. The van der Waals surface area contributed by atoms with Crippen molar-refractivity contribution in [1.82, 2.24) is 4.90 Å². The maximum atomic E-state index is 12.1. The first-order valence-corrected chi connectivity index (χ1v) is 6.19. The van der Waals surface area contributed by atoms with Gasteiger partial charge in [-0.1, -0.05) is 18.2 Å². The molecule has 2 N–H and O–H groups in total. The zero-order valence-electron chi connectivity index (χ0n) is 9.59. The van der Waals surface area contributed by atoms with E-state index in [2.05, 4.69) is 0 Å². The van der Waals surface area contributed by atoms with E-state index in [0.29, 0.717) is 17.8 Å². The topological polar surface area (TPSA) is 46.3 Å². The van der Waals surface area contributed by atoms with Crippen molar-refractivity contribution in [3.05, 3.63) is 52.2 Å². The molecule has 1 aromatic carbocycles. The van der Waals surface area contributed by atoms with Gasteiger partial charge in [0.25, 0.3) is 5.91 Å². The van der Waals surface area contributed by atoms with Crippen LogP contribution in [0.15, 0.2) is 41.8 Å². The number of amides is 1. The molecular formula is C13H14N2OS. The van der Waals surface area contributed by atoms with Gasteiger partial charge in [0.2, 0.25) is 0 Å². The van der Waals surface area contributed by atoms with Crippen LogP contribution in [0.25, 0.3) is 0 Å². The van der Waals surface area contributed by atoms with Gasteiger partial charge in [-0.25, -0.2) is 0 Å². The van der Waals surface area contributed by atoms with Crippen LogP contribution in [-0.2, 0) is 6.54 Å². The predicted octanol–water partition coefficient (Wildman–Crippen LogP) is 2.60. The number of nitrogens with two attached hydrogens (primary N) is 1. The van der Waals surface area contributed by atoms with Crippen molar-refractivity contribution in [1.29, 1.82) is 0 Å². The Bertz CT molecular complexity index is 508. The first-order valence-electron chi connectivity index (χ1n) is 5.31. The summed E-state index contributed by atoms with van der Waals surface area (Å²) in [6.45, 7) is 0.616. The van der Waals surface area contributed by atoms with Gasteiger partial charge in [-0.3, -0.25) is 4.79 Å². The van der Waals surface area contributed by atoms with E-state index in [9.17, 15) is 4.79 Å². The summed E-state index contributed by atoms with van der Waals surface area (Å²) in [7, 11) is 1.79. The molecule has 88 valence electrons. The summed E-state index contributed by atoms with van der Waals surface area (Å²) in [5.41, 5.74) is 6.87. The number of para-hydroxylation sites is 1. The van der Waals surface area contributed by atoms with Crippen LogP contribution in [-0.4, -0.2) is 17.9 Å². The third-order valence-electron chi connectivity index (χ3n) is 2.51. The molecule has 0 saturated heterocycles. The minimum absolute atomic E-state index is 0.0449. The van der Waals surface area contributed by atoms with Gasteiger partial charge in [0, 0.05) is 17.6 Å². The molecule has 0 fully saturated rings. The Morgan fingerprint density at radius 1 is 1.29 bits per heavy atom. The lowest BCUT2D eigenvalue weighted by Gasteiger charge is -2.17. The van der Waals surface area contributed by atoms with Crippen LogP contribution >= 0.6 is 11.3 Å². The number of rotatable bonds is 3. The van der Waals surface area contributed by atoms with E-state index < -0.39 is 0 Å². The molecule has 0 bridgehead atoms. The molecule has 0 unspecified atom stereocenters. The van der Waals surface area contributed by atoms with Crippen molar-refractivity contribution in [2.75, 3.05) is 12.8 Å². The van der Waals surface area contributed by atoms with E-state index in [-0.39, 0.29) is 5.91 Å². The molecule has 0 saturated carbocycles. The second kappa shape index (κ2) is 5.01. The van der Waals surface area contributed by atoms with Crippen LogP contribution in [0.5, 0.6) is 0 Å². The summed E-state index contributed by atoms with van der Waals surface area (Å²) in [6.07, 6.45) is 0. The summed E-state index contributed by atoms with van der Waals surface area (Å²) in [5.74, 6) is -0.0449. The minimum Gasteiger partial charge on any atom is -0.398 e. The highest BCUT2D eigenvalue weighted by molar-refractivity contribution is 7.09. The van der Waals surface area contributed by atoms with Gasteiger partial charge in [-0.05, 0) is 23.6 Å². The van der Waals surface area contributed by atoms with Crippen LogP contribution < -0.4 is 5.73 Å². The van der Waals surface area contributed by atoms with Crippen LogP contribution in [0.2, 0.25) is 0 Å². The molecule has 2 rings (SSSR count). The quantitative estimate of drug-likeness (QED) is 0.846. The van der Waals surface area contributed by atoms with Crippen molar-refractivity contribution >= 4 is 22.9 Å². The number of hydrogen-bond acceptors (Lipinski definition) is 3. The summed E-state index contributed by atoms with van der Waals surface area (Å²) >= 11 is 1.64. The summed E-state index contributed by atoms with van der Waals surface area (Å²) in [6, 6.07) is 11.1. The maximum Gasteiger partial charge on any atom is 0.256 e. The molecule has 1 amide bonds. The van der Waals surface area contributed by atoms with Crippen molar-refractivity contribution in [2.45, 2.75) is 6.54 Å². The second-order valence-electron chi connectivity index (χ2n) is 3.83. The molecule has 1 heterocycles. The fraction of sp³-hybridized carbons (Fsp3) is 0.154. The van der Waals surface area contributed by atoms with Crippen molar-refractivity contribution in [3.63, 3.8) is 0 Å². The Balaban J connectivity index is 2.13. The lowest BCUT2D eigenvalue weighted by molar-refractivity contribution is 0.0787. The summed E-state index contributed by atoms with van der Waals surface area (Å²) in [5, 5.41) is 2.00. The Kier molecular flexibility index (Phi) is 3.44. The molecule has 2 aromatic rings. The second-order valence-corrected chi connectivity index (χ2v) is 4.86. The number of carbonyl (C=O) groups is 1. The van der Waals surface area contributed by atoms with Crippen molar-refractivity contribution in [2.24, 2.45) is 0 Å². The van der Waals surface area contributed by atoms with Gasteiger partial charge in [-0.15, -0.1) is 11.3 Å². The molecule has 1 aromatic heterocycles. The molecular weight excluding hydrogens is 232 g/mol. The van der Waals surface area contributed by atoms with Crippen molar-refractivity contribution < 1.29 is 4.79 Å². The molecule has 0 atom stereocenters. The van der Waals surface area contributed by atoms with Crippen molar-refractivity contribution in [3.8, 4) is 0 Å². The number of benzene rings is 1. The monoisotopic (exact) mass is 246 g/mol. The van der Waals surface area contributed by atoms with Gasteiger partial charge in [0.1, 0.15) is 0 Å². The minimum atomic E-state index is -0.0449. The average Bonchev–Trinajstić information content (AvgIpc) is 2.81. The summed E-state index contributed by atoms with van der Waals surface area (Å²) in [4.78, 5) is 15.0. The summed E-state index contributed by atoms with van der Waals surface area (Å²) < 4.78 is 0. The normalized spacial score (nSPS) is 10.2. The Hall–Kier alpha value is -1.81. The van der Waals surface area contributed by atoms with E-state index >= 15 is 0 Å². The number of carbonyl (C=O) groups excluding carboxylic acids is 1. The molecule has 4 heteroatoms. The highest BCUT2D eigenvalue weighted by atomic mass is 32.1. The number of nitrogens with zero attached hydrogens (tertiary/aromatic N) is 1. The van der Waals surface area contributed by atoms with Crippen LogP contribution in [0.1, 0.15) is 15.2 Å². The standard InChI is InChI=1S/C13H14N2OS/c1-15(9-10-5-4-8-17-10)13(16)11-6-2-3-7-12(11)14/h2-8H,9,14H2,1H3. The first-order chi connectivity index (χ1) is 8.18. The van der Waals surface area contributed by atoms with Crippen LogP contribution in [0.3, 0.4) is 0 Å². The van der Waals surface area contributed by atoms with E-state index in [0.717, 1.165) is 4.88 Å². The van der Waals surface area contributed by atoms with E-state index in [1.807, 2.05) is 29.6 Å². The first kappa shape index (κ1) is 11.7. The Morgan fingerprint density at radius 3 is 2.71 bits per heavy atom. The van der Waals surface area contributed by atoms with Gasteiger partial charge < -0.3 is 10.6 Å². The average molecular weight is 246 g/mol. The number of anilines is 1. The Morgan fingerprint density at radius 2 is 2.06 bits per heavy atom. The number of thiophene rings is 1.